The van der Waals surface area contributed by atoms with Crippen molar-refractivity contribution in [2.45, 2.75) is 99.7 Å². The molecular formula is C28H44O2. The van der Waals surface area contributed by atoms with Crippen molar-refractivity contribution in [3.05, 3.63) is 52.6 Å². The molecule has 0 aromatic heterocycles. The summed E-state index contributed by atoms with van der Waals surface area (Å²) in [6, 6.07) is 6.71. The van der Waals surface area contributed by atoms with Crippen molar-refractivity contribution in [1.82, 2.24) is 0 Å². The molecule has 0 aliphatic heterocycles. The molecule has 0 fully saturated rings. The van der Waals surface area contributed by atoms with Gasteiger partial charge in [-0.15, -0.1) is 0 Å². The molecule has 1 aliphatic carbocycles. The molecule has 2 heteroatoms. The minimum Gasteiger partial charge on any atom is -0.362 e. The van der Waals surface area contributed by atoms with Crippen molar-refractivity contribution in [3.63, 3.8) is 0 Å². The first-order valence-corrected chi connectivity index (χ1v) is 11.2. The predicted octanol–water partition coefficient (Wildman–Crippen LogP) is 6.99. The number of rotatable bonds is 1. The van der Waals surface area contributed by atoms with Gasteiger partial charge in [-0.3, -0.25) is 0 Å². The molecule has 0 spiro atoms. The number of benzene rings is 1. The van der Waals surface area contributed by atoms with Crippen LogP contribution in [-0.4, -0.2) is 16.0 Å². The van der Waals surface area contributed by atoms with Crippen LogP contribution < -0.4 is 0 Å². The topological polar surface area (TPSA) is 40.5 Å². The van der Waals surface area contributed by atoms with E-state index < -0.39 is 11.7 Å². The standard InChI is InChI=1S/C28H44O2/c1-24(2,3)18-13-14-19(21(17-18)25(4,5)6)20-15-16-22(26(7,8)9)28(29,30)23(20)27(10,11)12/h13-17,23,29-30H,1-12H3. The molecule has 30 heavy (non-hydrogen) atoms. The van der Waals surface area contributed by atoms with Crippen molar-refractivity contribution >= 4 is 5.57 Å². The Labute approximate surface area is 185 Å². The molecule has 2 N–H and O–H groups in total. The van der Waals surface area contributed by atoms with E-state index in [0.29, 0.717) is 5.57 Å². The predicted molar refractivity (Wildman–Crippen MR) is 129 cm³/mol. The maximum absolute atomic E-state index is 11.5. The maximum atomic E-state index is 11.5. The highest BCUT2D eigenvalue weighted by Gasteiger charge is 2.51. The van der Waals surface area contributed by atoms with Gasteiger partial charge in [-0.2, -0.15) is 0 Å². The van der Waals surface area contributed by atoms with Gasteiger partial charge in [0.2, 0.25) is 0 Å². The van der Waals surface area contributed by atoms with Crippen LogP contribution >= 0.6 is 0 Å². The average Bonchev–Trinajstić information content (AvgIpc) is 2.48. The van der Waals surface area contributed by atoms with Crippen molar-refractivity contribution in [2.24, 2.45) is 16.7 Å². The average molecular weight is 413 g/mol. The van der Waals surface area contributed by atoms with Gasteiger partial charge >= 0.3 is 0 Å². The van der Waals surface area contributed by atoms with E-state index in [9.17, 15) is 10.2 Å². The monoisotopic (exact) mass is 412 g/mol. The van der Waals surface area contributed by atoms with E-state index in [-0.39, 0.29) is 21.7 Å². The van der Waals surface area contributed by atoms with E-state index in [2.05, 4.69) is 86.6 Å². The van der Waals surface area contributed by atoms with Crippen molar-refractivity contribution in [3.8, 4) is 0 Å². The first kappa shape index (κ1) is 24.9. The normalized spacial score (nSPS) is 20.7. The first-order chi connectivity index (χ1) is 13.2. The maximum Gasteiger partial charge on any atom is 0.194 e. The minimum atomic E-state index is -1.90. The molecule has 0 amide bonds. The lowest BCUT2D eigenvalue weighted by Crippen LogP contribution is -2.50. The highest BCUT2D eigenvalue weighted by molar-refractivity contribution is 5.76. The van der Waals surface area contributed by atoms with Gasteiger partial charge in [0.05, 0.1) is 0 Å². The summed E-state index contributed by atoms with van der Waals surface area (Å²) in [4.78, 5) is 0. The van der Waals surface area contributed by atoms with E-state index in [1.54, 1.807) is 0 Å². The Hall–Kier alpha value is -1.38. The quantitative estimate of drug-likeness (QED) is 0.488. The third-order valence-electron chi connectivity index (χ3n) is 6.22. The molecule has 0 saturated heterocycles. The molecule has 1 aliphatic rings. The van der Waals surface area contributed by atoms with E-state index in [1.165, 1.54) is 11.1 Å². The fourth-order valence-corrected chi connectivity index (χ4v) is 4.76. The van der Waals surface area contributed by atoms with Crippen molar-refractivity contribution in [1.29, 1.82) is 0 Å². The SMILES string of the molecule is CC(C)(C)C1=CC=C(c2ccc(C(C)(C)C)cc2C(C)(C)C)C(C(C)(C)C)C1(O)O. The van der Waals surface area contributed by atoms with Gasteiger partial charge in [0.25, 0.3) is 0 Å². The Bertz CT molecular complexity index is 854. The first-order valence-electron chi connectivity index (χ1n) is 11.2. The zero-order chi connectivity index (χ0) is 23.5. The summed E-state index contributed by atoms with van der Waals surface area (Å²) >= 11 is 0. The smallest absolute Gasteiger partial charge is 0.194 e. The Morgan fingerprint density at radius 3 is 1.63 bits per heavy atom. The highest BCUT2D eigenvalue weighted by Crippen LogP contribution is 2.53. The molecule has 1 aromatic carbocycles. The summed E-state index contributed by atoms with van der Waals surface area (Å²) in [6.45, 7) is 25.8. The molecule has 2 rings (SSSR count). The molecular weight excluding hydrogens is 368 g/mol. The lowest BCUT2D eigenvalue weighted by Gasteiger charge is -2.48. The number of hydrogen-bond donors (Lipinski definition) is 2. The Balaban J connectivity index is 2.86. The van der Waals surface area contributed by atoms with Crippen LogP contribution in [0, 0.1) is 16.7 Å². The van der Waals surface area contributed by atoms with Crippen LogP contribution in [0.15, 0.2) is 35.9 Å². The van der Waals surface area contributed by atoms with Crippen LogP contribution in [0.4, 0.5) is 0 Å². The summed E-state index contributed by atoms with van der Waals surface area (Å²) in [5.41, 5.74) is 4.65. The summed E-state index contributed by atoms with van der Waals surface area (Å²) in [5, 5.41) is 23.0. The van der Waals surface area contributed by atoms with E-state index in [4.69, 9.17) is 0 Å². The van der Waals surface area contributed by atoms with E-state index in [0.717, 1.165) is 11.1 Å². The fourth-order valence-electron chi connectivity index (χ4n) is 4.76. The van der Waals surface area contributed by atoms with Gasteiger partial charge in [0.15, 0.2) is 5.79 Å². The Morgan fingerprint density at radius 2 is 1.23 bits per heavy atom. The van der Waals surface area contributed by atoms with E-state index in [1.807, 2.05) is 26.8 Å². The summed E-state index contributed by atoms with van der Waals surface area (Å²) < 4.78 is 0. The molecule has 1 unspecified atom stereocenters. The van der Waals surface area contributed by atoms with Crippen LogP contribution in [0.25, 0.3) is 5.57 Å². The Kier molecular flexibility index (Phi) is 6.09. The molecule has 0 saturated carbocycles. The van der Waals surface area contributed by atoms with Gasteiger partial charge in [0, 0.05) is 5.92 Å². The second-order valence-corrected chi connectivity index (χ2v) is 13.2. The highest BCUT2D eigenvalue weighted by atomic mass is 16.5. The zero-order valence-electron chi connectivity index (χ0n) is 21.4. The fraction of sp³-hybridized carbons (Fsp3) is 0.643. The second kappa shape index (κ2) is 7.35. The molecule has 0 radical (unpaired) electrons. The number of aliphatic hydroxyl groups is 2. The molecule has 0 heterocycles. The van der Waals surface area contributed by atoms with Crippen LogP contribution in [0.1, 0.15) is 99.8 Å². The molecule has 2 nitrogen and oxygen atoms in total. The van der Waals surface area contributed by atoms with Gasteiger partial charge in [-0.25, -0.2) is 0 Å². The summed E-state index contributed by atoms with van der Waals surface area (Å²) in [5.74, 6) is -2.34. The number of allylic oxidation sites excluding steroid dienone is 2. The summed E-state index contributed by atoms with van der Waals surface area (Å²) in [7, 11) is 0. The third-order valence-corrected chi connectivity index (χ3v) is 6.22. The molecule has 168 valence electrons. The van der Waals surface area contributed by atoms with Gasteiger partial charge in [0.1, 0.15) is 0 Å². The van der Waals surface area contributed by atoms with Crippen molar-refractivity contribution in [2.75, 3.05) is 0 Å². The Morgan fingerprint density at radius 1 is 0.700 bits per heavy atom. The second-order valence-electron chi connectivity index (χ2n) is 13.2. The zero-order valence-corrected chi connectivity index (χ0v) is 21.4. The third kappa shape index (κ3) is 4.75. The van der Waals surface area contributed by atoms with Gasteiger partial charge < -0.3 is 10.2 Å². The lowest BCUT2D eigenvalue weighted by atomic mass is 9.61. The summed E-state index contributed by atoms with van der Waals surface area (Å²) in [6.07, 6.45) is 4.06. The van der Waals surface area contributed by atoms with Crippen LogP contribution in [0.5, 0.6) is 0 Å². The largest absolute Gasteiger partial charge is 0.362 e. The molecule has 1 atom stereocenters. The molecule has 1 aromatic rings. The molecule has 0 bridgehead atoms. The van der Waals surface area contributed by atoms with Crippen LogP contribution in [0.2, 0.25) is 0 Å². The lowest BCUT2D eigenvalue weighted by molar-refractivity contribution is -0.184. The van der Waals surface area contributed by atoms with E-state index >= 15 is 0 Å². The number of hydrogen-bond acceptors (Lipinski definition) is 2. The van der Waals surface area contributed by atoms with Crippen LogP contribution in [0.3, 0.4) is 0 Å². The minimum absolute atomic E-state index is 0.0555. The van der Waals surface area contributed by atoms with Crippen molar-refractivity contribution < 1.29 is 10.2 Å². The van der Waals surface area contributed by atoms with Gasteiger partial charge in [-0.05, 0) is 49.5 Å². The van der Waals surface area contributed by atoms with Crippen LogP contribution in [-0.2, 0) is 10.8 Å². The van der Waals surface area contributed by atoms with Gasteiger partial charge in [-0.1, -0.05) is 113 Å².